The van der Waals surface area contributed by atoms with Crippen molar-refractivity contribution in [2.45, 2.75) is 0 Å². The zero-order chi connectivity index (χ0) is 12.3. The van der Waals surface area contributed by atoms with Crippen LogP contribution in [0.1, 0.15) is 0 Å². The lowest BCUT2D eigenvalue weighted by Crippen LogP contribution is -2.00. The molecule has 2 rings (SSSR count). The zero-order valence-electron chi connectivity index (χ0n) is 9.54. The number of benzene rings is 1. The van der Waals surface area contributed by atoms with Crippen LogP contribution in [0.3, 0.4) is 0 Å². The first kappa shape index (κ1) is 11.1. The topological polar surface area (TPSA) is 83.2 Å². The quantitative estimate of drug-likeness (QED) is 0.854. The lowest BCUT2D eigenvalue weighted by molar-refractivity contribution is 0.397. The van der Waals surface area contributed by atoms with E-state index in [1.165, 1.54) is 6.20 Å². The first-order valence-electron chi connectivity index (χ1n) is 4.93. The summed E-state index contributed by atoms with van der Waals surface area (Å²) in [6.45, 7) is 0. The summed E-state index contributed by atoms with van der Waals surface area (Å²) in [6, 6.07) is 5.46. The van der Waals surface area contributed by atoms with Crippen LogP contribution in [-0.2, 0) is 0 Å². The second kappa shape index (κ2) is 4.65. The van der Waals surface area contributed by atoms with E-state index in [4.69, 9.17) is 15.2 Å². The zero-order valence-corrected chi connectivity index (χ0v) is 9.54. The average Bonchev–Trinajstić information content (AvgIpc) is 2.38. The van der Waals surface area contributed by atoms with Gasteiger partial charge >= 0.3 is 0 Å². The van der Waals surface area contributed by atoms with Crippen molar-refractivity contribution in [3.63, 3.8) is 0 Å². The third kappa shape index (κ3) is 2.10. The molecule has 0 saturated heterocycles. The molecule has 0 fully saturated rings. The smallest absolute Gasteiger partial charge is 0.240 e. The van der Waals surface area contributed by atoms with E-state index in [1.807, 2.05) is 18.2 Å². The number of hydrogen-bond donors (Lipinski definition) is 1. The highest BCUT2D eigenvalue weighted by Crippen LogP contribution is 2.36. The van der Waals surface area contributed by atoms with E-state index in [0.29, 0.717) is 22.8 Å². The number of anilines is 1. The molecule has 0 atom stereocenters. The van der Waals surface area contributed by atoms with Crippen molar-refractivity contribution < 1.29 is 9.47 Å². The van der Waals surface area contributed by atoms with Crippen molar-refractivity contribution in [1.82, 2.24) is 15.2 Å². The molecule has 6 nitrogen and oxygen atoms in total. The van der Waals surface area contributed by atoms with E-state index in [1.54, 1.807) is 14.2 Å². The summed E-state index contributed by atoms with van der Waals surface area (Å²) in [6.07, 6.45) is 1.53. The predicted octanol–water partition coefficient (Wildman–Crippen LogP) is 1.14. The molecule has 1 heterocycles. The minimum atomic E-state index is 0.127. The molecule has 6 heteroatoms. The Labute approximate surface area is 98.4 Å². The first-order chi connectivity index (χ1) is 8.26. The summed E-state index contributed by atoms with van der Waals surface area (Å²) in [5, 5.41) is 7.68. The Morgan fingerprint density at radius 2 is 1.71 bits per heavy atom. The molecule has 0 saturated carbocycles. The number of hydrogen-bond acceptors (Lipinski definition) is 6. The largest absolute Gasteiger partial charge is 0.496 e. The Kier molecular flexibility index (Phi) is 3.04. The van der Waals surface area contributed by atoms with Crippen molar-refractivity contribution in [3.05, 3.63) is 24.4 Å². The summed E-state index contributed by atoms with van der Waals surface area (Å²) in [7, 11) is 3.16. The van der Waals surface area contributed by atoms with E-state index in [9.17, 15) is 0 Å². The molecule has 0 aliphatic heterocycles. The van der Waals surface area contributed by atoms with Crippen LogP contribution >= 0.6 is 0 Å². The van der Waals surface area contributed by atoms with Gasteiger partial charge in [-0.1, -0.05) is 6.07 Å². The van der Waals surface area contributed by atoms with Gasteiger partial charge in [0, 0.05) is 0 Å². The maximum atomic E-state index is 5.40. The fraction of sp³-hybridized carbons (Fsp3) is 0.182. The highest BCUT2D eigenvalue weighted by molar-refractivity contribution is 5.73. The monoisotopic (exact) mass is 232 g/mol. The Morgan fingerprint density at radius 1 is 1.06 bits per heavy atom. The molecule has 17 heavy (non-hydrogen) atoms. The molecule has 1 aromatic carbocycles. The Balaban J connectivity index is 2.59. The van der Waals surface area contributed by atoms with Crippen molar-refractivity contribution in [3.8, 4) is 22.8 Å². The summed E-state index contributed by atoms with van der Waals surface area (Å²) < 4.78 is 10.5. The molecule has 88 valence electrons. The minimum absolute atomic E-state index is 0.127. The fourth-order valence-electron chi connectivity index (χ4n) is 1.50. The summed E-state index contributed by atoms with van der Waals surface area (Å²) in [4.78, 5) is 3.90. The fourth-order valence-corrected chi connectivity index (χ4v) is 1.50. The highest BCUT2D eigenvalue weighted by Gasteiger charge is 2.14. The van der Waals surface area contributed by atoms with E-state index in [0.717, 1.165) is 0 Å². The number of aromatic nitrogens is 3. The van der Waals surface area contributed by atoms with E-state index >= 15 is 0 Å². The second-order valence-corrected chi connectivity index (χ2v) is 3.24. The van der Waals surface area contributed by atoms with Crippen LogP contribution < -0.4 is 15.2 Å². The molecule has 2 N–H and O–H groups in total. The number of methoxy groups -OCH3 is 2. The van der Waals surface area contributed by atoms with Gasteiger partial charge in [-0.2, -0.15) is 0 Å². The predicted molar refractivity (Wildman–Crippen MR) is 62.8 cm³/mol. The normalized spacial score (nSPS) is 10.0. The van der Waals surface area contributed by atoms with Crippen LogP contribution in [0.5, 0.6) is 11.5 Å². The van der Waals surface area contributed by atoms with Crippen molar-refractivity contribution in [2.75, 3.05) is 20.0 Å². The molecule has 2 aromatic rings. The van der Waals surface area contributed by atoms with Crippen molar-refractivity contribution in [1.29, 1.82) is 0 Å². The Hall–Kier alpha value is -2.37. The van der Waals surface area contributed by atoms with Gasteiger partial charge < -0.3 is 15.2 Å². The molecule has 0 unspecified atom stereocenters. The Bertz CT molecular complexity index is 491. The molecule has 0 bridgehead atoms. The maximum Gasteiger partial charge on any atom is 0.240 e. The van der Waals surface area contributed by atoms with Gasteiger partial charge in [-0.15, -0.1) is 10.2 Å². The third-order valence-corrected chi connectivity index (χ3v) is 2.26. The molecule has 1 aromatic heterocycles. The molecule has 0 amide bonds. The van der Waals surface area contributed by atoms with E-state index < -0.39 is 0 Å². The highest BCUT2D eigenvalue weighted by atomic mass is 16.5. The lowest BCUT2D eigenvalue weighted by Gasteiger charge is -2.11. The number of nitrogens with two attached hydrogens (primary N) is 1. The molecule has 0 aliphatic rings. The summed E-state index contributed by atoms with van der Waals surface area (Å²) in [5.74, 6) is 1.41. The van der Waals surface area contributed by atoms with Gasteiger partial charge in [-0.3, -0.25) is 0 Å². The van der Waals surface area contributed by atoms with Crippen LogP contribution in [0.4, 0.5) is 5.95 Å². The first-order valence-corrected chi connectivity index (χ1v) is 4.93. The van der Waals surface area contributed by atoms with Gasteiger partial charge in [0.25, 0.3) is 0 Å². The number of ether oxygens (including phenoxy) is 2. The molecule has 0 radical (unpaired) electrons. The number of nitrogen functional groups attached to an aromatic ring is 1. The van der Waals surface area contributed by atoms with Gasteiger partial charge in [0.1, 0.15) is 17.2 Å². The van der Waals surface area contributed by atoms with Crippen LogP contribution in [0, 0.1) is 0 Å². The van der Waals surface area contributed by atoms with Gasteiger partial charge in [-0.05, 0) is 12.1 Å². The van der Waals surface area contributed by atoms with E-state index in [-0.39, 0.29) is 5.95 Å². The van der Waals surface area contributed by atoms with Gasteiger partial charge in [0.05, 0.1) is 26.0 Å². The number of nitrogens with zero attached hydrogens (tertiary/aromatic N) is 3. The molecule has 0 aliphatic carbocycles. The Morgan fingerprint density at radius 3 is 2.18 bits per heavy atom. The SMILES string of the molecule is COc1cccc(OC)c1-c1cnc(N)nn1. The lowest BCUT2D eigenvalue weighted by atomic mass is 10.1. The molecule has 0 spiro atoms. The van der Waals surface area contributed by atoms with Gasteiger partial charge in [0.2, 0.25) is 5.95 Å². The third-order valence-electron chi connectivity index (χ3n) is 2.26. The minimum Gasteiger partial charge on any atom is -0.496 e. The standard InChI is InChI=1S/C11H12N4O2/c1-16-8-4-3-5-9(17-2)10(8)7-6-13-11(12)15-14-7/h3-6H,1-2H3,(H2,12,13,15). The molecular formula is C11H12N4O2. The van der Waals surface area contributed by atoms with Crippen LogP contribution in [-0.4, -0.2) is 29.4 Å². The van der Waals surface area contributed by atoms with E-state index in [2.05, 4.69) is 15.2 Å². The molecular weight excluding hydrogens is 220 g/mol. The van der Waals surface area contributed by atoms with Crippen LogP contribution in [0.25, 0.3) is 11.3 Å². The van der Waals surface area contributed by atoms with Crippen molar-refractivity contribution in [2.24, 2.45) is 0 Å². The van der Waals surface area contributed by atoms with Crippen LogP contribution in [0.2, 0.25) is 0 Å². The average molecular weight is 232 g/mol. The second-order valence-electron chi connectivity index (χ2n) is 3.24. The van der Waals surface area contributed by atoms with Crippen LogP contribution in [0.15, 0.2) is 24.4 Å². The van der Waals surface area contributed by atoms with Crippen molar-refractivity contribution >= 4 is 5.95 Å². The van der Waals surface area contributed by atoms with Gasteiger partial charge in [-0.25, -0.2) is 4.98 Å². The maximum absolute atomic E-state index is 5.40. The number of rotatable bonds is 3. The summed E-state index contributed by atoms with van der Waals surface area (Å²) >= 11 is 0. The summed E-state index contributed by atoms with van der Waals surface area (Å²) in [5.41, 5.74) is 6.65. The van der Waals surface area contributed by atoms with Gasteiger partial charge in [0.15, 0.2) is 0 Å².